The standard InChI is InChI=1S/C111H111N3O6/c1-10-16-19-22-73-61-100-82-37-55-94(56-38-82)118-91-49-31-79(32-50-91)76-25-43-88(44-26-76)112(7)70-106-97(13-4)107-71-113(8)89-45-27-77(28-46-89)80-33-51-92(52-34-80)119-95-57-39-83(40-58-95)101-62-74(23-20-17-11-2)65-104(110(101)116)86-67-85(103(64-73)109(100)115)68-87(69-86)105-66-75(24-21-18-12-3)63-102(111(105)117)84-41-59-96(60-42-84)120-93-53-35-81(36-54-93)78-29-47-90(48-30-78)114(9)72-108(98(106)14-5)99(107)15-6/h25-69,115-117H,10-24,70-72H2,1-9H3. The van der Waals surface area contributed by atoms with Gasteiger partial charge in [-0.25, -0.2) is 0 Å². The Labute approximate surface area is 710 Å². The highest BCUT2D eigenvalue weighted by molar-refractivity contribution is 5.93. The zero-order valence-corrected chi connectivity index (χ0v) is 71.1. The monoisotopic (exact) mass is 1580 g/mol. The zero-order valence-electron chi connectivity index (χ0n) is 71.1. The van der Waals surface area contributed by atoms with E-state index in [2.05, 4.69) is 241 Å². The van der Waals surface area contributed by atoms with Gasteiger partial charge in [-0.3, -0.25) is 0 Å². The predicted molar refractivity (Wildman–Crippen MR) is 500 cm³/mol. The summed E-state index contributed by atoms with van der Waals surface area (Å²) in [4.78, 5) is 7.29. The largest absolute Gasteiger partial charge is 0.507 e. The van der Waals surface area contributed by atoms with E-state index >= 15 is 0 Å². The third-order valence-corrected chi connectivity index (χ3v) is 24.7. The summed E-state index contributed by atoms with van der Waals surface area (Å²) < 4.78 is 19.9. The molecule has 0 aliphatic carbocycles. The van der Waals surface area contributed by atoms with Crippen LogP contribution in [0.15, 0.2) is 273 Å². The Morgan fingerprint density at radius 3 is 0.625 bits per heavy atom. The fourth-order valence-electron chi connectivity index (χ4n) is 18.0. The maximum absolute atomic E-state index is 13.3. The highest BCUT2D eigenvalue weighted by Gasteiger charge is 2.27. The summed E-state index contributed by atoms with van der Waals surface area (Å²) in [7, 11) is 6.72. The van der Waals surface area contributed by atoms with Gasteiger partial charge in [-0.1, -0.05) is 189 Å². The molecule has 3 N–H and O–H groups in total. The van der Waals surface area contributed by atoms with Crippen LogP contribution >= 0.6 is 0 Å². The van der Waals surface area contributed by atoms with Crippen LogP contribution < -0.4 is 28.9 Å². The van der Waals surface area contributed by atoms with Crippen molar-refractivity contribution in [3.8, 4) is 152 Å². The van der Waals surface area contributed by atoms with Crippen LogP contribution in [-0.2, 0) is 58.2 Å². The third-order valence-electron chi connectivity index (χ3n) is 24.7. The van der Waals surface area contributed by atoms with Crippen molar-refractivity contribution in [3.05, 3.63) is 323 Å². The van der Waals surface area contributed by atoms with E-state index in [0.717, 1.165) is 216 Å². The number of hydrogen-bond donors (Lipinski definition) is 3. The van der Waals surface area contributed by atoms with Crippen LogP contribution in [0.5, 0.6) is 51.7 Å². The molecular weight excluding hydrogens is 1470 g/mol. The van der Waals surface area contributed by atoms with Gasteiger partial charge >= 0.3 is 0 Å². The maximum atomic E-state index is 13.3. The first-order chi connectivity index (χ1) is 58.6. The summed E-state index contributed by atoms with van der Waals surface area (Å²) in [6.07, 6.45) is 14.3. The second-order valence-corrected chi connectivity index (χ2v) is 32.9. The Morgan fingerprint density at radius 2 is 0.425 bits per heavy atom. The highest BCUT2D eigenvalue weighted by atomic mass is 16.5. The van der Waals surface area contributed by atoms with Crippen molar-refractivity contribution in [2.24, 2.45) is 0 Å². The minimum Gasteiger partial charge on any atom is -0.507 e. The molecule has 0 saturated heterocycles. The molecule has 0 unspecified atom stereocenters. The van der Waals surface area contributed by atoms with Crippen molar-refractivity contribution < 1.29 is 29.5 Å². The van der Waals surface area contributed by atoms with E-state index in [1.165, 1.54) is 33.4 Å². The third kappa shape index (κ3) is 17.7. The van der Waals surface area contributed by atoms with Gasteiger partial charge in [0.15, 0.2) is 0 Å². The van der Waals surface area contributed by atoms with Crippen LogP contribution in [-0.4, -0.2) is 36.5 Å². The molecule has 0 spiro atoms. The number of rotatable bonds is 15. The molecule has 0 fully saturated rings. The normalized spacial score (nSPS) is 12.5. The molecule has 30 aliphatic heterocycles. The van der Waals surface area contributed by atoms with Crippen LogP contribution in [0.1, 0.15) is 149 Å². The summed E-state index contributed by atoms with van der Waals surface area (Å²) in [5, 5.41) is 39.8. The van der Waals surface area contributed by atoms with Crippen molar-refractivity contribution >= 4 is 17.1 Å². The molecular formula is C111H111N3O6. The lowest BCUT2D eigenvalue weighted by molar-refractivity contribution is 0.478. The van der Waals surface area contributed by atoms with Crippen LogP contribution in [0.25, 0.3) is 100 Å². The molecule has 0 saturated carbocycles. The van der Waals surface area contributed by atoms with Crippen LogP contribution in [0.4, 0.5) is 17.1 Å². The summed E-state index contributed by atoms with van der Waals surface area (Å²) >= 11 is 0. The topological polar surface area (TPSA) is 98.1 Å². The van der Waals surface area contributed by atoms with E-state index in [0.29, 0.717) is 67.9 Å². The molecule has 0 atom stereocenters. The molecule has 606 valence electrons. The Kier molecular flexibility index (Phi) is 24.8. The molecule has 14 aromatic carbocycles. The Morgan fingerprint density at radius 1 is 0.233 bits per heavy atom. The van der Waals surface area contributed by atoms with Crippen LogP contribution in [0.2, 0.25) is 0 Å². The van der Waals surface area contributed by atoms with E-state index in [1.54, 1.807) is 0 Å². The number of unbranched alkanes of at least 4 members (excludes halogenated alkanes) is 6. The highest BCUT2D eigenvalue weighted by Crippen LogP contribution is 2.50. The van der Waals surface area contributed by atoms with Gasteiger partial charge in [0.1, 0.15) is 51.7 Å². The fraction of sp³-hybridized carbons (Fsp3) is 0.243. The SMILES string of the molecule is CCCCCc1cc2c(O)c(c1)-c1cc3cc(c1)-c1cc(CCCCC)cc(c1O)-c1ccc(cc1)Oc1ccc(cc1)-c1ccc(cc1)N(C)Cc1c(CC)c(c(CC)c(c1CC)CN(C)c1ccc(cc1)-c1ccc(cc1)Oc1ccc(cc1)-c1cc(CCCCC)cc-3c1O)CN(C)c1ccc(cc1)-c1ccc(cc1)Oc1ccc-2cc1. The smallest absolute Gasteiger partial charge is 0.131 e. The number of aromatic hydroxyl groups is 3. The van der Waals surface area contributed by atoms with Gasteiger partial charge in [0.2, 0.25) is 0 Å². The van der Waals surface area contributed by atoms with Crippen molar-refractivity contribution in [3.63, 3.8) is 0 Å². The molecule has 44 rings (SSSR count). The summed E-state index contributed by atoms with van der Waals surface area (Å²) in [5.74, 6) is 4.54. The number of phenols is 3. The van der Waals surface area contributed by atoms with Crippen molar-refractivity contribution in [1.29, 1.82) is 0 Å². The number of benzene rings is 14. The molecule has 9 heteroatoms. The van der Waals surface area contributed by atoms with Gasteiger partial charge in [-0.2, -0.15) is 0 Å². The molecule has 0 amide bonds. The lowest BCUT2D eigenvalue weighted by Crippen LogP contribution is -2.26. The molecule has 30 aliphatic rings. The van der Waals surface area contributed by atoms with E-state index in [4.69, 9.17) is 14.2 Å². The van der Waals surface area contributed by atoms with E-state index in [-0.39, 0.29) is 17.2 Å². The number of aryl methyl sites for hydroxylation is 3. The zero-order chi connectivity index (χ0) is 82.9. The Bertz CT molecular complexity index is 5300. The van der Waals surface area contributed by atoms with Gasteiger partial charge in [-0.05, 0) is 338 Å². The lowest BCUT2D eigenvalue weighted by Gasteiger charge is -2.33. The minimum atomic E-state index is 0.126. The number of nitrogens with zero attached hydrogens (tertiary/aromatic N) is 3. The maximum Gasteiger partial charge on any atom is 0.131 e. The van der Waals surface area contributed by atoms with Crippen molar-refractivity contribution in [2.45, 2.75) is 157 Å². The first kappa shape index (κ1) is 81.0. The first-order valence-corrected chi connectivity index (χ1v) is 43.6. The number of ether oxygens (including phenoxy) is 3. The second kappa shape index (κ2) is 36.7. The van der Waals surface area contributed by atoms with Gasteiger partial charge < -0.3 is 44.2 Å². The van der Waals surface area contributed by atoms with Crippen LogP contribution in [0.3, 0.4) is 0 Å². The molecule has 120 heavy (non-hydrogen) atoms. The Hall–Kier alpha value is -12.7. The van der Waals surface area contributed by atoms with Gasteiger partial charge in [0.05, 0.1) is 0 Å². The summed E-state index contributed by atoms with van der Waals surface area (Å²) in [5.41, 5.74) is 30.6. The second-order valence-electron chi connectivity index (χ2n) is 32.9. The van der Waals surface area contributed by atoms with E-state index in [9.17, 15) is 15.3 Å². The van der Waals surface area contributed by atoms with Crippen molar-refractivity contribution in [2.75, 3.05) is 35.8 Å². The number of anilines is 3. The van der Waals surface area contributed by atoms with Gasteiger partial charge in [0.25, 0.3) is 0 Å². The molecule has 30 bridgehead atoms. The van der Waals surface area contributed by atoms with Gasteiger partial charge in [0, 0.05) is 91.2 Å². The molecule has 0 aromatic heterocycles. The average molecular weight is 1580 g/mol. The summed E-state index contributed by atoms with van der Waals surface area (Å²) in [6.45, 7) is 15.9. The molecule has 14 aromatic rings. The minimum absolute atomic E-state index is 0.126. The fourth-order valence-corrected chi connectivity index (χ4v) is 18.0. The Balaban J connectivity index is 0.892. The van der Waals surface area contributed by atoms with Gasteiger partial charge in [-0.15, -0.1) is 0 Å². The number of phenolic OH excluding ortho intramolecular Hbond substituents is 3. The molecule has 30 heterocycles. The molecule has 9 nitrogen and oxygen atoms in total. The van der Waals surface area contributed by atoms with E-state index < -0.39 is 0 Å². The lowest BCUT2D eigenvalue weighted by atomic mass is 9.82. The van der Waals surface area contributed by atoms with Crippen LogP contribution in [0, 0.1) is 0 Å². The van der Waals surface area contributed by atoms with Crippen molar-refractivity contribution in [1.82, 2.24) is 0 Å². The predicted octanol–water partition coefficient (Wildman–Crippen LogP) is 29.6. The van der Waals surface area contributed by atoms with E-state index in [1.807, 2.05) is 109 Å². The quantitative estimate of drug-likeness (QED) is 0.0867. The number of hydrogen-bond acceptors (Lipinski definition) is 9. The summed E-state index contributed by atoms with van der Waals surface area (Å²) in [6, 6.07) is 95.4. The molecule has 0 radical (unpaired) electrons. The average Bonchev–Trinajstić information content (AvgIpc) is 0.758. The first-order valence-electron chi connectivity index (χ1n) is 43.6.